The van der Waals surface area contributed by atoms with E-state index in [2.05, 4.69) is 45.1 Å². The van der Waals surface area contributed by atoms with Crippen LogP contribution in [0.1, 0.15) is 63.5 Å². The second-order valence-electron chi connectivity index (χ2n) is 8.09. The summed E-state index contributed by atoms with van der Waals surface area (Å²) in [5, 5.41) is 5.23. The topological polar surface area (TPSA) is 71.2 Å². The lowest BCUT2D eigenvalue weighted by molar-refractivity contribution is 0.269. The molecule has 0 amide bonds. The first-order chi connectivity index (χ1) is 12.0. The molecular weight excluding hydrogens is 336 g/mol. The highest BCUT2D eigenvalue weighted by atomic mass is 32.1. The molecule has 8 heteroatoms. The van der Waals surface area contributed by atoms with Gasteiger partial charge >= 0.3 is 0 Å². The van der Waals surface area contributed by atoms with Gasteiger partial charge in [0.2, 0.25) is 11.0 Å². The average molecular weight is 363 g/mol. The fraction of sp³-hybridized carbons (Fsp3) is 0.765. The minimum absolute atomic E-state index is 0.0993. The second kappa shape index (κ2) is 6.64. The molecule has 0 N–H and O–H groups in total. The van der Waals surface area contributed by atoms with E-state index in [9.17, 15) is 0 Å². The lowest BCUT2D eigenvalue weighted by Gasteiger charge is -2.20. The van der Waals surface area contributed by atoms with E-state index >= 15 is 0 Å². The SMILES string of the molecule is CC(C)(C)c1nc(CN2CCCN(c3nc(C4CC4)ns3)CC2)no1. The van der Waals surface area contributed by atoms with Gasteiger partial charge in [-0.3, -0.25) is 4.90 Å². The van der Waals surface area contributed by atoms with Crippen LogP contribution in [0.5, 0.6) is 0 Å². The van der Waals surface area contributed by atoms with Crippen LogP contribution in [-0.4, -0.2) is 50.6 Å². The van der Waals surface area contributed by atoms with Crippen molar-refractivity contribution in [3.8, 4) is 0 Å². The molecule has 25 heavy (non-hydrogen) atoms. The zero-order valence-corrected chi connectivity index (χ0v) is 16.1. The van der Waals surface area contributed by atoms with E-state index in [1.165, 1.54) is 12.8 Å². The van der Waals surface area contributed by atoms with E-state index in [-0.39, 0.29) is 5.41 Å². The minimum Gasteiger partial charge on any atom is -0.346 e. The van der Waals surface area contributed by atoms with Crippen LogP contribution in [0.2, 0.25) is 0 Å². The van der Waals surface area contributed by atoms with Gasteiger partial charge in [0, 0.05) is 49.0 Å². The van der Waals surface area contributed by atoms with Crippen molar-refractivity contribution in [2.24, 2.45) is 0 Å². The maximum absolute atomic E-state index is 5.41. The molecule has 2 aliphatic rings. The molecule has 0 aromatic carbocycles. The normalized spacial score (nSPS) is 20.0. The van der Waals surface area contributed by atoms with Gasteiger partial charge in [0.15, 0.2) is 5.82 Å². The molecule has 2 fully saturated rings. The molecule has 0 bridgehead atoms. The number of anilines is 1. The fourth-order valence-electron chi connectivity index (χ4n) is 3.01. The van der Waals surface area contributed by atoms with Gasteiger partial charge in [0.25, 0.3) is 0 Å². The molecule has 2 aromatic rings. The predicted molar refractivity (Wildman–Crippen MR) is 97.0 cm³/mol. The molecular formula is C17H26N6OS. The van der Waals surface area contributed by atoms with Crippen LogP contribution in [0.4, 0.5) is 5.13 Å². The summed E-state index contributed by atoms with van der Waals surface area (Å²) in [4.78, 5) is 14.1. The largest absolute Gasteiger partial charge is 0.346 e. The highest BCUT2D eigenvalue weighted by molar-refractivity contribution is 7.09. The standard InChI is InChI=1S/C17H26N6OS/c1-17(2,3)15-18-13(20-24-15)11-22-7-4-8-23(10-9-22)16-19-14(21-25-16)12-5-6-12/h12H,4-11H2,1-3H3. The van der Waals surface area contributed by atoms with Gasteiger partial charge in [-0.15, -0.1) is 0 Å². The van der Waals surface area contributed by atoms with Gasteiger partial charge in [-0.2, -0.15) is 9.36 Å². The van der Waals surface area contributed by atoms with Gasteiger partial charge in [-0.25, -0.2) is 4.98 Å². The Morgan fingerprint density at radius 2 is 1.96 bits per heavy atom. The molecule has 3 heterocycles. The minimum atomic E-state index is -0.0993. The Hall–Kier alpha value is -1.54. The first-order valence-electron chi connectivity index (χ1n) is 9.13. The molecule has 7 nitrogen and oxygen atoms in total. The van der Waals surface area contributed by atoms with Crippen molar-refractivity contribution in [1.29, 1.82) is 0 Å². The van der Waals surface area contributed by atoms with E-state index in [0.29, 0.717) is 11.8 Å². The molecule has 1 saturated heterocycles. The van der Waals surface area contributed by atoms with Crippen LogP contribution < -0.4 is 4.90 Å². The number of hydrogen-bond donors (Lipinski definition) is 0. The van der Waals surface area contributed by atoms with Crippen molar-refractivity contribution in [1.82, 2.24) is 24.4 Å². The van der Waals surface area contributed by atoms with E-state index < -0.39 is 0 Å². The summed E-state index contributed by atoms with van der Waals surface area (Å²) in [5.74, 6) is 3.18. The number of rotatable bonds is 4. The summed E-state index contributed by atoms with van der Waals surface area (Å²) in [6.45, 7) is 11.1. The smallest absolute Gasteiger partial charge is 0.232 e. The summed E-state index contributed by atoms with van der Waals surface area (Å²) < 4.78 is 9.95. The Morgan fingerprint density at radius 3 is 2.68 bits per heavy atom. The van der Waals surface area contributed by atoms with Gasteiger partial charge in [-0.05, 0) is 19.3 Å². The van der Waals surface area contributed by atoms with Crippen LogP contribution in [0.25, 0.3) is 0 Å². The molecule has 0 spiro atoms. The Kier molecular flexibility index (Phi) is 4.49. The highest BCUT2D eigenvalue weighted by Crippen LogP contribution is 2.39. The molecule has 0 unspecified atom stereocenters. The third-order valence-electron chi connectivity index (χ3n) is 4.71. The van der Waals surface area contributed by atoms with Gasteiger partial charge < -0.3 is 9.42 Å². The van der Waals surface area contributed by atoms with Crippen molar-refractivity contribution >= 4 is 16.7 Å². The highest BCUT2D eigenvalue weighted by Gasteiger charge is 2.29. The molecule has 0 atom stereocenters. The number of hydrogen-bond acceptors (Lipinski definition) is 8. The van der Waals surface area contributed by atoms with Gasteiger partial charge in [0.1, 0.15) is 5.82 Å². The van der Waals surface area contributed by atoms with Crippen LogP contribution in [0, 0.1) is 0 Å². The third-order valence-corrected chi connectivity index (χ3v) is 5.50. The molecule has 1 aliphatic heterocycles. The fourth-order valence-corrected chi connectivity index (χ4v) is 3.80. The Bertz CT molecular complexity index is 717. The molecule has 2 aromatic heterocycles. The van der Waals surface area contributed by atoms with Crippen LogP contribution in [-0.2, 0) is 12.0 Å². The van der Waals surface area contributed by atoms with Crippen LogP contribution >= 0.6 is 11.5 Å². The van der Waals surface area contributed by atoms with Crippen molar-refractivity contribution in [2.45, 2.75) is 57.9 Å². The molecule has 0 radical (unpaired) electrons. The van der Waals surface area contributed by atoms with Crippen LogP contribution in [0.15, 0.2) is 4.52 Å². The van der Waals surface area contributed by atoms with E-state index in [0.717, 1.165) is 55.9 Å². The summed E-state index contributed by atoms with van der Waals surface area (Å²) in [7, 11) is 0. The van der Waals surface area contributed by atoms with E-state index in [1.807, 2.05) is 0 Å². The molecule has 4 rings (SSSR count). The predicted octanol–water partition coefficient (Wildman–Crippen LogP) is 2.81. The Labute approximate surface area is 152 Å². The summed E-state index contributed by atoms with van der Waals surface area (Å²) in [6, 6.07) is 0. The van der Waals surface area contributed by atoms with Crippen molar-refractivity contribution in [3.63, 3.8) is 0 Å². The van der Waals surface area contributed by atoms with E-state index in [4.69, 9.17) is 9.51 Å². The molecule has 1 saturated carbocycles. The van der Waals surface area contributed by atoms with Gasteiger partial charge in [0.05, 0.1) is 6.54 Å². The summed E-state index contributed by atoms with van der Waals surface area (Å²) in [5.41, 5.74) is -0.0993. The van der Waals surface area contributed by atoms with Crippen molar-refractivity contribution in [3.05, 3.63) is 17.5 Å². The average Bonchev–Trinajstić information content (AvgIpc) is 3.17. The number of nitrogens with zero attached hydrogens (tertiary/aromatic N) is 6. The monoisotopic (exact) mass is 362 g/mol. The van der Waals surface area contributed by atoms with Gasteiger partial charge in [-0.1, -0.05) is 25.9 Å². The summed E-state index contributed by atoms with van der Waals surface area (Å²) in [6.07, 6.45) is 3.62. The zero-order valence-electron chi connectivity index (χ0n) is 15.2. The first-order valence-corrected chi connectivity index (χ1v) is 9.90. The first kappa shape index (κ1) is 16.9. The Balaban J connectivity index is 1.35. The number of aromatic nitrogens is 4. The van der Waals surface area contributed by atoms with Crippen molar-refractivity contribution < 1.29 is 4.52 Å². The lowest BCUT2D eigenvalue weighted by Crippen LogP contribution is -2.30. The molecule has 136 valence electrons. The lowest BCUT2D eigenvalue weighted by atomic mass is 9.97. The van der Waals surface area contributed by atoms with Crippen LogP contribution in [0.3, 0.4) is 0 Å². The van der Waals surface area contributed by atoms with E-state index in [1.54, 1.807) is 11.5 Å². The quantitative estimate of drug-likeness (QED) is 0.828. The van der Waals surface area contributed by atoms with Crippen molar-refractivity contribution in [2.75, 3.05) is 31.1 Å². The third kappa shape index (κ3) is 4.00. The second-order valence-corrected chi connectivity index (χ2v) is 8.82. The zero-order chi connectivity index (χ0) is 17.4. The maximum atomic E-state index is 5.41. The maximum Gasteiger partial charge on any atom is 0.232 e. The molecule has 1 aliphatic carbocycles. The Morgan fingerprint density at radius 1 is 1.12 bits per heavy atom. The summed E-state index contributed by atoms with van der Waals surface area (Å²) >= 11 is 1.55.